The lowest BCUT2D eigenvalue weighted by molar-refractivity contribution is -0.143. The molecule has 1 rings (SSSR count). The smallest absolute Gasteiger partial charge is 0.416 e. The summed E-state index contributed by atoms with van der Waals surface area (Å²) in [6.07, 6.45) is -0.107. The number of carbonyl (C=O) groups is 2. The van der Waals surface area contributed by atoms with Crippen LogP contribution >= 0.6 is 0 Å². The van der Waals surface area contributed by atoms with Crippen LogP contribution in [0.3, 0.4) is 0 Å². The van der Waals surface area contributed by atoms with E-state index < -0.39 is 35.8 Å². The van der Waals surface area contributed by atoms with Gasteiger partial charge >= 0.3 is 12.1 Å². The Labute approximate surface area is 155 Å². The van der Waals surface area contributed by atoms with Crippen LogP contribution in [0.2, 0.25) is 0 Å². The van der Waals surface area contributed by atoms with Gasteiger partial charge in [-0.15, -0.1) is 6.58 Å². The van der Waals surface area contributed by atoms with Crippen LogP contribution in [0.15, 0.2) is 36.9 Å². The summed E-state index contributed by atoms with van der Waals surface area (Å²) in [5, 5.41) is 21.4. The molecule has 0 aliphatic carbocycles. The molecule has 0 aliphatic heterocycles. The van der Waals surface area contributed by atoms with E-state index in [1.165, 1.54) is 0 Å². The highest BCUT2D eigenvalue weighted by Gasteiger charge is 2.31. The van der Waals surface area contributed by atoms with Gasteiger partial charge in [-0.1, -0.05) is 37.5 Å². The average Bonchev–Trinajstić information content (AvgIpc) is 2.62. The van der Waals surface area contributed by atoms with Crippen molar-refractivity contribution in [3.63, 3.8) is 0 Å². The first-order chi connectivity index (χ1) is 12.7. The summed E-state index contributed by atoms with van der Waals surface area (Å²) < 4.78 is 37.6. The Hall–Kier alpha value is -2.35. The first kappa shape index (κ1) is 22.7. The predicted molar refractivity (Wildman–Crippen MR) is 93.9 cm³/mol. The van der Waals surface area contributed by atoms with E-state index in [0.29, 0.717) is 6.42 Å². The number of aliphatic hydroxyl groups is 1. The summed E-state index contributed by atoms with van der Waals surface area (Å²) in [6, 6.07) is 2.32. The molecule has 0 aromatic heterocycles. The molecule has 3 N–H and O–H groups in total. The third kappa shape index (κ3) is 7.82. The second-order valence-corrected chi connectivity index (χ2v) is 6.20. The van der Waals surface area contributed by atoms with Crippen molar-refractivity contribution in [1.29, 1.82) is 0 Å². The highest BCUT2D eigenvalue weighted by Crippen LogP contribution is 2.30. The number of hydrogen-bond donors (Lipinski definition) is 3. The number of amides is 1. The normalized spacial score (nSPS) is 13.6. The Balaban J connectivity index is 2.59. The van der Waals surface area contributed by atoms with Crippen LogP contribution in [0.25, 0.3) is 0 Å². The van der Waals surface area contributed by atoms with Crippen LogP contribution in [0.5, 0.6) is 0 Å². The molecule has 1 aromatic carbocycles. The van der Waals surface area contributed by atoms with Crippen LogP contribution in [-0.4, -0.2) is 28.1 Å². The van der Waals surface area contributed by atoms with E-state index >= 15 is 0 Å². The summed E-state index contributed by atoms with van der Waals surface area (Å²) in [5.74, 6) is -2.19. The maximum absolute atomic E-state index is 12.5. The van der Waals surface area contributed by atoms with Crippen molar-refractivity contribution < 1.29 is 33.0 Å². The number of halogens is 3. The summed E-state index contributed by atoms with van der Waals surface area (Å²) >= 11 is 0. The molecule has 0 radical (unpaired) electrons. The van der Waals surface area contributed by atoms with Crippen LogP contribution in [0.1, 0.15) is 55.8 Å². The standard InChI is InChI=1S/C19H24F3NO4/c1-2-3-4-5-6-7-8-15(18(26)27)23-17(25)16(24)13-9-11-14(12-10-13)19(20,21)22/h2,9-12,15-16,24H,1,3-8H2,(H,23,25)(H,26,27)/t15-,16+/m1/s1. The zero-order chi connectivity index (χ0) is 20.4. The molecular weight excluding hydrogens is 363 g/mol. The van der Waals surface area contributed by atoms with Crippen LogP contribution < -0.4 is 5.32 Å². The molecular formula is C19H24F3NO4. The minimum absolute atomic E-state index is 0.0472. The number of rotatable bonds is 11. The van der Waals surface area contributed by atoms with Gasteiger partial charge < -0.3 is 15.5 Å². The fourth-order valence-electron chi connectivity index (χ4n) is 2.50. The molecule has 8 heteroatoms. The molecule has 150 valence electrons. The van der Waals surface area contributed by atoms with E-state index in [-0.39, 0.29) is 12.0 Å². The van der Waals surface area contributed by atoms with Gasteiger partial charge in [-0.2, -0.15) is 13.2 Å². The maximum Gasteiger partial charge on any atom is 0.416 e. The molecule has 0 aliphatic rings. The molecule has 2 atom stereocenters. The summed E-state index contributed by atoms with van der Waals surface area (Å²) in [4.78, 5) is 23.3. The first-order valence-electron chi connectivity index (χ1n) is 8.66. The molecule has 0 unspecified atom stereocenters. The minimum atomic E-state index is -4.52. The summed E-state index contributed by atoms with van der Waals surface area (Å²) in [7, 11) is 0. The molecule has 5 nitrogen and oxygen atoms in total. The molecule has 0 saturated heterocycles. The molecule has 1 aromatic rings. The lowest BCUT2D eigenvalue weighted by Crippen LogP contribution is -2.43. The molecule has 0 spiro atoms. The Morgan fingerprint density at radius 3 is 2.22 bits per heavy atom. The third-order valence-corrected chi connectivity index (χ3v) is 4.07. The number of carboxylic acids is 1. The third-order valence-electron chi connectivity index (χ3n) is 4.07. The van der Waals surface area contributed by atoms with Crippen molar-refractivity contribution >= 4 is 11.9 Å². The van der Waals surface area contributed by atoms with Crippen molar-refractivity contribution in [1.82, 2.24) is 5.32 Å². The predicted octanol–water partition coefficient (Wildman–Crippen LogP) is 3.83. The van der Waals surface area contributed by atoms with E-state index in [4.69, 9.17) is 0 Å². The molecule has 0 heterocycles. The van der Waals surface area contributed by atoms with Gasteiger partial charge in [0.05, 0.1) is 5.56 Å². The summed E-state index contributed by atoms with van der Waals surface area (Å²) in [5.41, 5.74) is -0.951. The molecule has 27 heavy (non-hydrogen) atoms. The summed E-state index contributed by atoms with van der Waals surface area (Å²) in [6.45, 7) is 3.62. The van der Waals surface area contributed by atoms with E-state index in [1.54, 1.807) is 0 Å². The number of carboxylic acid groups (broad SMARTS) is 1. The van der Waals surface area contributed by atoms with E-state index in [0.717, 1.165) is 49.9 Å². The number of hydrogen-bond acceptors (Lipinski definition) is 3. The number of alkyl halides is 3. The maximum atomic E-state index is 12.5. The number of aliphatic carboxylic acids is 1. The Morgan fingerprint density at radius 2 is 1.70 bits per heavy atom. The van der Waals surface area contributed by atoms with Crippen LogP contribution in [0, 0.1) is 0 Å². The fourth-order valence-corrected chi connectivity index (χ4v) is 2.50. The topological polar surface area (TPSA) is 86.6 Å². The SMILES string of the molecule is C=CCCCCCC[C@@H](NC(=O)[C@@H](O)c1ccc(C(F)(F)F)cc1)C(=O)O. The largest absolute Gasteiger partial charge is 0.480 e. The van der Waals surface area contributed by atoms with Crippen molar-refractivity contribution in [3.05, 3.63) is 48.0 Å². The second-order valence-electron chi connectivity index (χ2n) is 6.20. The van der Waals surface area contributed by atoms with Crippen LogP contribution in [-0.2, 0) is 15.8 Å². The van der Waals surface area contributed by atoms with E-state index in [1.807, 2.05) is 6.08 Å². The number of carbonyl (C=O) groups excluding carboxylic acids is 1. The Kier molecular flexibility index (Phi) is 9.00. The zero-order valence-corrected chi connectivity index (χ0v) is 14.8. The quantitative estimate of drug-likeness (QED) is 0.398. The van der Waals surface area contributed by atoms with Gasteiger partial charge in [0.1, 0.15) is 6.04 Å². The minimum Gasteiger partial charge on any atom is -0.480 e. The van der Waals surface area contributed by atoms with Gasteiger partial charge in [0.15, 0.2) is 6.10 Å². The molecule has 0 fully saturated rings. The van der Waals surface area contributed by atoms with Crippen molar-refractivity contribution in [2.24, 2.45) is 0 Å². The number of unbranched alkanes of at least 4 members (excludes halogenated alkanes) is 4. The lowest BCUT2D eigenvalue weighted by atomic mass is 10.0. The fraction of sp³-hybridized carbons (Fsp3) is 0.474. The van der Waals surface area contributed by atoms with E-state index in [2.05, 4.69) is 11.9 Å². The van der Waals surface area contributed by atoms with Gasteiger partial charge in [0, 0.05) is 0 Å². The van der Waals surface area contributed by atoms with Gasteiger partial charge in [-0.25, -0.2) is 4.79 Å². The lowest BCUT2D eigenvalue weighted by Gasteiger charge is -2.18. The highest BCUT2D eigenvalue weighted by atomic mass is 19.4. The monoisotopic (exact) mass is 387 g/mol. The highest BCUT2D eigenvalue weighted by molar-refractivity contribution is 5.86. The molecule has 0 saturated carbocycles. The second kappa shape index (κ2) is 10.7. The van der Waals surface area contributed by atoms with Crippen molar-refractivity contribution in [2.45, 2.75) is 56.8 Å². The molecule has 0 bridgehead atoms. The van der Waals surface area contributed by atoms with Crippen molar-refractivity contribution in [2.75, 3.05) is 0 Å². The Bertz CT molecular complexity index is 629. The number of aliphatic hydroxyl groups excluding tert-OH is 1. The van der Waals surface area contributed by atoms with Gasteiger partial charge in [0.2, 0.25) is 0 Å². The number of benzene rings is 1. The van der Waals surface area contributed by atoms with Gasteiger partial charge in [0.25, 0.3) is 5.91 Å². The van der Waals surface area contributed by atoms with Gasteiger partial charge in [-0.3, -0.25) is 4.79 Å². The first-order valence-corrected chi connectivity index (χ1v) is 8.66. The average molecular weight is 387 g/mol. The van der Waals surface area contributed by atoms with Crippen molar-refractivity contribution in [3.8, 4) is 0 Å². The van der Waals surface area contributed by atoms with Crippen LogP contribution in [0.4, 0.5) is 13.2 Å². The van der Waals surface area contributed by atoms with E-state index in [9.17, 15) is 33.0 Å². The Morgan fingerprint density at radius 1 is 1.11 bits per heavy atom. The zero-order valence-electron chi connectivity index (χ0n) is 14.8. The number of allylic oxidation sites excluding steroid dienone is 1. The number of nitrogens with one attached hydrogen (secondary N) is 1. The molecule has 1 amide bonds. The van der Waals surface area contributed by atoms with Gasteiger partial charge in [-0.05, 0) is 37.0 Å².